The summed E-state index contributed by atoms with van der Waals surface area (Å²) >= 11 is 0. The Bertz CT molecular complexity index is 112. The van der Waals surface area contributed by atoms with E-state index >= 15 is 0 Å². The Balaban J connectivity index is 3.73. The lowest BCUT2D eigenvalue weighted by molar-refractivity contribution is 0.419. The van der Waals surface area contributed by atoms with E-state index in [-0.39, 0.29) is 0 Å². The van der Waals surface area contributed by atoms with Crippen LogP contribution >= 0.6 is 0 Å². The van der Waals surface area contributed by atoms with E-state index in [0.717, 1.165) is 0 Å². The molecule has 0 aliphatic carbocycles. The second-order valence-electron chi connectivity index (χ2n) is 4.17. The van der Waals surface area contributed by atoms with Crippen molar-refractivity contribution in [3.05, 3.63) is 11.6 Å². The highest BCUT2D eigenvalue weighted by atomic mass is 14.1. The maximum atomic E-state index is 2.35. The molecule has 0 spiro atoms. The summed E-state index contributed by atoms with van der Waals surface area (Å²) in [5, 5.41) is 0. The lowest BCUT2D eigenvalue weighted by Crippen LogP contribution is -2.02. The molecule has 0 rings (SSSR count). The van der Waals surface area contributed by atoms with Crippen molar-refractivity contribution in [1.29, 1.82) is 0 Å². The molecule has 0 heterocycles. The van der Waals surface area contributed by atoms with Crippen LogP contribution in [-0.4, -0.2) is 0 Å². The van der Waals surface area contributed by atoms with Gasteiger partial charge in [-0.25, -0.2) is 0 Å². The van der Waals surface area contributed by atoms with Crippen LogP contribution in [0.15, 0.2) is 11.6 Å². The molecule has 10 heavy (non-hydrogen) atoms. The van der Waals surface area contributed by atoms with Gasteiger partial charge in [-0.05, 0) is 25.2 Å². The highest BCUT2D eigenvalue weighted by Gasteiger charge is 2.06. The largest absolute Gasteiger partial charge is 0.0851 e. The molecule has 0 nitrogen and oxygen atoms in total. The zero-order valence-corrected chi connectivity index (χ0v) is 7.99. The maximum Gasteiger partial charge on any atom is -0.0299 e. The van der Waals surface area contributed by atoms with Crippen LogP contribution in [0.5, 0.6) is 0 Å². The molecular formula is C10H20. The monoisotopic (exact) mass is 140 g/mol. The van der Waals surface area contributed by atoms with Crippen molar-refractivity contribution >= 4 is 0 Å². The fourth-order valence-electron chi connectivity index (χ4n) is 0.625. The molecule has 0 aromatic carbocycles. The Morgan fingerprint density at radius 1 is 1.30 bits per heavy atom. The van der Waals surface area contributed by atoms with Crippen molar-refractivity contribution in [1.82, 2.24) is 0 Å². The van der Waals surface area contributed by atoms with Crippen molar-refractivity contribution in [3.8, 4) is 0 Å². The minimum absolute atomic E-state index is 0.455. The van der Waals surface area contributed by atoms with E-state index in [1.54, 1.807) is 0 Å². The quantitative estimate of drug-likeness (QED) is 0.512. The standard InChI is InChI=1S/C10H20/c1-6-9(2)7-8-10(3,4)5/h7H,6,8H2,1-5H3. The lowest BCUT2D eigenvalue weighted by atomic mass is 9.91. The van der Waals surface area contributed by atoms with Crippen LogP contribution in [0.1, 0.15) is 47.5 Å². The molecule has 0 aliphatic heterocycles. The molecule has 0 aromatic rings. The normalized spacial score (nSPS) is 13.9. The molecule has 0 heteroatoms. The van der Waals surface area contributed by atoms with Crippen molar-refractivity contribution in [2.75, 3.05) is 0 Å². The van der Waals surface area contributed by atoms with E-state index in [1.165, 1.54) is 18.4 Å². The fraction of sp³-hybridized carbons (Fsp3) is 0.800. The van der Waals surface area contributed by atoms with Gasteiger partial charge in [0, 0.05) is 0 Å². The van der Waals surface area contributed by atoms with E-state index in [1.807, 2.05) is 0 Å². The van der Waals surface area contributed by atoms with Crippen molar-refractivity contribution < 1.29 is 0 Å². The third-order valence-electron chi connectivity index (χ3n) is 1.62. The second-order valence-corrected chi connectivity index (χ2v) is 4.17. The van der Waals surface area contributed by atoms with Crippen LogP contribution in [0.25, 0.3) is 0 Å². The van der Waals surface area contributed by atoms with E-state index in [2.05, 4.69) is 40.7 Å². The van der Waals surface area contributed by atoms with Crippen LogP contribution in [0, 0.1) is 5.41 Å². The molecule has 60 valence electrons. The van der Waals surface area contributed by atoms with E-state index in [4.69, 9.17) is 0 Å². The van der Waals surface area contributed by atoms with Gasteiger partial charge < -0.3 is 0 Å². The average Bonchev–Trinajstić information content (AvgIpc) is 1.81. The van der Waals surface area contributed by atoms with E-state index in [0.29, 0.717) is 5.41 Å². The smallest absolute Gasteiger partial charge is 0.0299 e. The predicted octanol–water partition coefficient (Wildman–Crippen LogP) is 3.78. The summed E-state index contributed by atoms with van der Waals surface area (Å²) in [4.78, 5) is 0. The summed E-state index contributed by atoms with van der Waals surface area (Å²) in [6.45, 7) is 11.2. The van der Waals surface area contributed by atoms with Gasteiger partial charge in [-0.3, -0.25) is 0 Å². The van der Waals surface area contributed by atoms with Gasteiger partial charge in [-0.2, -0.15) is 0 Å². The lowest BCUT2D eigenvalue weighted by Gasteiger charge is -2.15. The zero-order chi connectivity index (χ0) is 8.20. The Kier molecular flexibility index (Phi) is 3.70. The van der Waals surface area contributed by atoms with Crippen LogP contribution < -0.4 is 0 Å². The molecule has 0 N–H and O–H groups in total. The number of rotatable bonds is 2. The van der Waals surface area contributed by atoms with Crippen LogP contribution in [-0.2, 0) is 0 Å². The van der Waals surface area contributed by atoms with Gasteiger partial charge in [0.1, 0.15) is 0 Å². The molecule has 0 fully saturated rings. The minimum atomic E-state index is 0.455. The molecule has 0 amide bonds. The first kappa shape index (κ1) is 9.74. The third-order valence-corrected chi connectivity index (χ3v) is 1.62. The van der Waals surface area contributed by atoms with Gasteiger partial charge in [-0.15, -0.1) is 0 Å². The number of hydrogen-bond acceptors (Lipinski definition) is 0. The summed E-state index contributed by atoms with van der Waals surface area (Å²) in [5.74, 6) is 0. The first-order valence-electron chi connectivity index (χ1n) is 4.11. The Morgan fingerprint density at radius 3 is 2.10 bits per heavy atom. The summed E-state index contributed by atoms with van der Waals surface area (Å²) < 4.78 is 0. The molecule has 0 atom stereocenters. The van der Waals surface area contributed by atoms with Gasteiger partial charge in [-0.1, -0.05) is 39.3 Å². The van der Waals surface area contributed by atoms with Gasteiger partial charge in [0.15, 0.2) is 0 Å². The summed E-state index contributed by atoms with van der Waals surface area (Å²) in [5.41, 5.74) is 1.96. The van der Waals surface area contributed by atoms with Crippen molar-refractivity contribution in [3.63, 3.8) is 0 Å². The summed E-state index contributed by atoms with van der Waals surface area (Å²) in [7, 11) is 0. The minimum Gasteiger partial charge on any atom is -0.0851 e. The summed E-state index contributed by atoms with van der Waals surface area (Å²) in [6, 6.07) is 0. The Labute approximate surface area is 65.3 Å². The average molecular weight is 140 g/mol. The highest BCUT2D eigenvalue weighted by molar-refractivity contribution is 4.98. The fourth-order valence-corrected chi connectivity index (χ4v) is 0.625. The Morgan fingerprint density at radius 2 is 1.80 bits per heavy atom. The first-order valence-corrected chi connectivity index (χ1v) is 4.11. The molecular weight excluding hydrogens is 120 g/mol. The summed E-state index contributed by atoms with van der Waals surface area (Å²) in [6.07, 6.45) is 4.74. The molecule has 0 saturated heterocycles. The van der Waals surface area contributed by atoms with E-state index < -0.39 is 0 Å². The highest BCUT2D eigenvalue weighted by Crippen LogP contribution is 2.20. The Hall–Kier alpha value is -0.260. The maximum absolute atomic E-state index is 2.35. The van der Waals surface area contributed by atoms with Crippen LogP contribution in [0.3, 0.4) is 0 Å². The SMILES string of the molecule is CCC(C)=CCC(C)(C)C. The van der Waals surface area contributed by atoms with Gasteiger partial charge in [0.25, 0.3) is 0 Å². The third kappa shape index (κ3) is 5.87. The molecule has 0 bridgehead atoms. The molecule has 0 aromatic heterocycles. The predicted molar refractivity (Wildman–Crippen MR) is 48.1 cm³/mol. The first-order chi connectivity index (χ1) is 4.45. The zero-order valence-electron chi connectivity index (χ0n) is 7.99. The topological polar surface area (TPSA) is 0 Å². The number of allylic oxidation sites excluding steroid dienone is 2. The van der Waals surface area contributed by atoms with Crippen molar-refractivity contribution in [2.45, 2.75) is 47.5 Å². The van der Waals surface area contributed by atoms with E-state index in [9.17, 15) is 0 Å². The van der Waals surface area contributed by atoms with Crippen LogP contribution in [0.4, 0.5) is 0 Å². The van der Waals surface area contributed by atoms with Gasteiger partial charge in [0.05, 0.1) is 0 Å². The molecule has 0 unspecified atom stereocenters. The molecule has 0 aliphatic rings. The van der Waals surface area contributed by atoms with Gasteiger partial charge in [0.2, 0.25) is 0 Å². The molecule has 0 saturated carbocycles. The van der Waals surface area contributed by atoms with Crippen molar-refractivity contribution in [2.24, 2.45) is 5.41 Å². The van der Waals surface area contributed by atoms with Crippen LogP contribution in [0.2, 0.25) is 0 Å². The number of hydrogen-bond donors (Lipinski definition) is 0. The molecule has 0 radical (unpaired) electrons. The second kappa shape index (κ2) is 3.80. The van der Waals surface area contributed by atoms with Gasteiger partial charge >= 0.3 is 0 Å².